The predicted octanol–water partition coefficient (Wildman–Crippen LogP) is 3.21. The third kappa shape index (κ3) is 3.78. The van der Waals surface area contributed by atoms with Gasteiger partial charge in [-0.2, -0.15) is 0 Å². The maximum Gasteiger partial charge on any atom is 0.164 e. The Bertz CT molecular complexity index is 585. The highest BCUT2D eigenvalue weighted by molar-refractivity contribution is 5.99. The highest BCUT2D eigenvalue weighted by Gasteiger charge is 2.31. The summed E-state index contributed by atoms with van der Waals surface area (Å²) in [6.07, 6.45) is 6.00. The molecule has 1 saturated heterocycles. The molecule has 3 rings (SSSR count). The van der Waals surface area contributed by atoms with Crippen molar-refractivity contribution in [3.05, 3.63) is 29.6 Å². The number of carbonyl (C=O) groups is 1. The first-order valence-corrected chi connectivity index (χ1v) is 9.04. The molecule has 1 aliphatic heterocycles. The number of halogens is 1. The minimum atomic E-state index is -0.463. The first kappa shape index (κ1) is 17.4. The molecule has 1 heterocycles. The molecule has 1 aliphatic carbocycles. The summed E-state index contributed by atoms with van der Waals surface area (Å²) in [5.41, 5.74) is 0.751. The summed E-state index contributed by atoms with van der Waals surface area (Å²) in [4.78, 5) is 14.1. The number of Topliss-reactive ketones (excluding diaryl/α,β-unsaturated/α-hetero) is 1. The first-order valence-electron chi connectivity index (χ1n) is 9.04. The van der Waals surface area contributed by atoms with Crippen molar-refractivity contribution in [1.82, 2.24) is 4.90 Å². The maximum atomic E-state index is 13.9. The lowest BCUT2D eigenvalue weighted by molar-refractivity contribution is 0.00993. The van der Waals surface area contributed by atoms with Crippen LogP contribution in [0.1, 0.15) is 55.8 Å². The Labute approximate surface area is 143 Å². The third-order valence-electron chi connectivity index (χ3n) is 5.42. The van der Waals surface area contributed by atoms with E-state index in [-0.39, 0.29) is 23.5 Å². The smallest absolute Gasteiger partial charge is 0.164 e. The lowest BCUT2D eigenvalue weighted by atomic mass is 9.89. The highest BCUT2D eigenvalue weighted by atomic mass is 19.1. The summed E-state index contributed by atoms with van der Waals surface area (Å²) in [5, 5.41) is 13.6. The molecule has 5 heteroatoms. The van der Waals surface area contributed by atoms with E-state index in [0.29, 0.717) is 11.7 Å². The van der Waals surface area contributed by atoms with Crippen LogP contribution in [0, 0.1) is 5.82 Å². The Morgan fingerprint density at radius 2 is 1.92 bits per heavy atom. The predicted molar refractivity (Wildman–Crippen MR) is 92.9 cm³/mol. The van der Waals surface area contributed by atoms with E-state index >= 15 is 0 Å². The number of likely N-dealkylation sites (tertiary alicyclic amines) is 1. The van der Waals surface area contributed by atoms with Gasteiger partial charge in [0.25, 0.3) is 0 Å². The van der Waals surface area contributed by atoms with Gasteiger partial charge in [0.1, 0.15) is 5.82 Å². The second kappa shape index (κ2) is 7.62. The monoisotopic (exact) mass is 334 g/mol. The van der Waals surface area contributed by atoms with Gasteiger partial charge in [0.2, 0.25) is 0 Å². The Kier molecular flexibility index (Phi) is 5.51. The zero-order valence-electron chi connectivity index (χ0n) is 14.3. The molecule has 2 aliphatic rings. The van der Waals surface area contributed by atoms with Crippen LogP contribution >= 0.6 is 0 Å². The van der Waals surface area contributed by atoms with E-state index in [4.69, 9.17) is 0 Å². The Hall–Kier alpha value is -1.46. The van der Waals surface area contributed by atoms with Gasteiger partial charge in [-0.3, -0.25) is 9.69 Å². The van der Waals surface area contributed by atoms with Crippen LogP contribution in [0.25, 0.3) is 0 Å². The summed E-state index contributed by atoms with van der Waals surface area (Å²) in [7, 11) is 0. The molecule has 24 heavy (non-hydrogen) atoms. The van der Waals surface area contributed by atoms with E-state index in [2.05, 4.69) is 10.2 Å². The van der Waals surface area contributed by atoms with Gasteiger partial charge in [0, 0.05) is 30.9 Å². The number of aliphatic hydroxyl groups is 1. The van der Waals surface area contributed by atoms with Gasteiger partial charge >= 0.3 is 0 Å². The fraction of sp³-hybridized carbons (Fsp3) is 0.632. The van der Waals surface area contributed by atoms with Gasteiger partial charge in [-0.25, -0.2) is 4.39 Å². The average molecular weight is 334 g/mol. The third-order valence-corrected chi connectivity index (χ3v) is 5.42. The summed E-state index contributed by atoms with van der Waals surface area (Å²) < 4.78 is 13.9. The second-order valence-corrected chi connectivity index (χ2v) is 7.09. The standard InChI is InChI=1S/C19H27FN2O2/c1-13(23)19-15(20)5-4-6-16(19)21-14-9-11-22(12-10-14)17-7-2-3-8-18(17)24/h4-6,14,17-18,21,24H,2-3,7-12H2,1H3. The van der Waals surface area contributed by atoms with Crippen LogP contribution in [0.15, 0.2) is 18.2 Å². The van der Waals surface area contributed by atoms with Crippen molar-refractivity contribution in [2.24, 2.45) is 0 Å². The topological polar surface area (TPSA) is 52.6 Å². The number of nitrogens with one attached hydrogen (secondary N) is 1. The molecule has 1 saturated carbocycles. The lowest BCUT2D eigenvalue weighted by Gasteiger charge is -2.42. The number of rotatable bonds is 4. The zero-order valence-corrected chi connectivity index (χ0v) is 14.3. The average Bonchev–Trinajstić information content (AvgIpc) is 2.56. The van der Waals surface area contributed by atoms with Crippen molar-refractivity contribution >= 4 is 11.5 Å². The number of nitrogens with zero attached hydrogens (tertiary/aromatic N) is 1. The van der Waals surface area contributed by atoms with Gasteiger partial charge in [0.15, 0.2) is 5.78 Å². The van der Waals surface area contributed by atoms with Gasteiger partial charge in [-0.15, -0.1) is 0 Å². The SMILES string of the molecule is CC(=O)c1c(F)cccc1NC1CCN(C2CCCCC2O)CC1. The number of hydrogen-bond acceptors (Lipinski definition) is 4. The van der Waals surface area contributed by atoms with Gasteiger partial charge < -0.3 is 10.4 Å². The zero-order chi connectivity index (χ0) is 17.1. The molecule has 2 N–H and O–H groups in total. The number of benzene rings is 1. The normalized spacial score (nSPS) is 26.3. The van der Waals surface area contributed by atoms with E-state index in [0.717, 1.165) is 45.2 Å². The molecule has 1 aromatic carbocycles. The van der Waals surface area contributed by atoms with Crippen molar-refractivity contribution in [3.8, 4) is 0 Å². The van der Waals surface area contributed by atoms with Crippen molar-refractivity contribution in [2.45, 2.75) is 63.6 Å². The van der Waals surface area contributed by atoms with Gasteiger partial charge in [-0.1, -0.05) is 18.9 Å². The Balaban J connectivity index is 1.60. The van der Waals surface area contributed by atoms with Crippen molar-refractivity contribution in [1.29, 1.82) is 0 Å². The molecule has 2 fully saturated rings. The van der Waals surface area contributed by atoms with Crippen LogP contribution in [0.3, 0.4) is 0 Å². The van der Waals surface area contributed by atoms with Crippen LogP contribution in [0.5, 0.6) is 0 Å². The largest absolute Gasteiger partial charge is 0.391 e. The molecule has 4 nitrogen and oxygen atoms in total. The highest BCUT2D eigenvalue weighted by Crippen LogP contribution is 2.28. The summed E-state index contributed by atoms with van der Waals surface area (Å²) in [6.45, 7) is 3.27. The number of piperidine rings is 1. The molecule has 0 spiro atoms. The van der Waals surface area contributed by atoms with Crippen molar-refractivity contribution in [3.63, 3.8) is 0 Å². The van der Waals surface area contributed by atoms with Crippen LogP contribution < -0.4 is 5.32 Å². The van der Waals surface area contributed by atoms with Gasteiger partial charge in [0.05, 0.1) is 11.7 Å². The van der Waals surface area contributed by atoms with Crippen LogP contribution in [-0.4, -0.2) is 47.1 Å². The van der Waals surface area contributed by atoms with Crippen LogP contribution in [0.2, 0.25) is 0 Å². The molecular formula is C19H27FN2O2. The van der Waals surface area contributed by atoms with Gasteiger partial charge in [-0.05, 0) is 44.7 Å². The van der Waals surface area contributed by atoms with E-state index in [1.54, 1.807) is 12.1 Å². The van der Waals surface area contributed by atoms with E-state index < -0.39 is 5.82 Å². The molecule has 1 aromatic rings. The summed E-state index contributed by atoms with van der Waals surface area (Å²) >= 11 is 0. The number of hydrogen-bond donors (Lipinski definition) is 2. The van der Waals surface area contributed by atoms with E-state index in [9.17, 15) is 14.3 Å². The Morgan fingerprint density at radius 1 is 1.21 bits per heavy atom. The first-order chi connectivity index (χ1) is 11.6. The minimum absolute atomic E-state index is 0.155. The number of carbonyl (C=O) groups excluding carboxylic acids is 1. The lowest BCUT2D eigenvalue weighted by Crippen LogP contribution is -2.50. The maximum absolute atomic E-state index is 13.9. The quantitative estimate of drug-likeness (QED) is 0.830. The molecule has 0 radical (unpaired) electrons. The fourth-order valence-electron chi connectivity index (χ4n) is 4.12. The molecule has 0 amide bonds. The van der Waals surface area contributed by atoms with E-state index in [1.807, 2.05) is 0 Å². The minimum Gasteiger partial charge on any atom is -0.391 e. The van der Waals surface area contributed by atoms with E-state index in [1.165, 1.54) is 19.4 Å². The molecule has 2 atom stereocenters. The van der Waals surface area contributed by atoms with Crippen molar-refractivity contribution < 1.29 is 14.3 Å². The number of ketones is 1. The van der Waals surface area contributed by atoms with Crippen LogP contribution in [0.4, 0.5) is 10.1 Å². The second-order valence-electron chi connectivity index (χ2n) is 7.09. The summed E-state index contributed by atoms with van der Waals surface area (Å²) in [5.74, 6) is -0.714. The van der Waals surface area contributed by atoms with Crippen molar-refractivity contribution in [2.75, 3.05) is 18.4 Å². The summed E-state index contributed by atoms with van der Waals surface area (Å²) in [6, 6.07) is 5.27. The molecular weight excluding hydrogens is 307 g/mol. The molecule has 2 unspecified atom stereocenters. The fourth-order valence-corrected chi connectivity index (χ4v) is 4.12. The molecule has 0 aromatic heterocycles. The molecule has 132 valence electrons. The number of anilines is 1. The Morgan fingerprint density at radius 3 is 2.58 bits per heavy atom. The van der Waals surface area contributed by atoms with Crippen LogP contribution in [-0.2, 0) is 0 Å². The molecule has 0 bridgehead atoms. The number of aliphatic hydroxyl groups excluding tert-OH is 1.